The van der Waals surface area contributed by atoms with Gasteiger partial charge in [0, 0.05) is 17.0 Å². The molecule has 0 aliphatic carbocycles. The molecular weight excluding hydrogens is 342 g/mol. The van der Waals surface area contributed by atoms with E-state index in [9.17, 15) is 8.42 Å². The maximum atomic E-state index is 11.4. The van der Waals surface area contributed by atoms with Crippen molar-refractivity contribution in [3.05, 3.63) is 53.6 Å². The van der Waals surface area contributed by atoms with Gasteiger partial charge in [0.15, 0.2) is 14.9 Å². The van der Waals surface area contributed by atoms with Gasteiger partial charge in [-0.1, -0.05) is 11.6 Å². The van der Waals surface area contributed by atoms with Gasteiger partial charge in [-0.05, 0) is 60.7 Å². The molecule has 0 aliphatic rings. The molecule has 3 N–H and O–H groups in total. The first-order valence-corrected chi connectivity index (χ1v) is 8.91. The van der Waals surface area contributed by atoms with Crippen LogP contribution in [0.4, 0.5) is 11.4 Å². The summed E-state index contributed by atoms with van der Waals surface area (Å²) in [7, 11) is -3.19. The highest BCUT2D eigenvalue weighted by molar-refractivity contribution is 7.90. The Morgan fingerprint density at radius 3 is 2.09 bits per heavy atom. The molecule has 2 aromatic rings. The maximum absolute atomic E-state index is 11.4. The Bertz CT molecular complexity index is 760. The van der Waals surface area contributed by atoms with Crippen molar-refractivity contribution < 1.29 is 8.42 Å². The van der Waals surface area contributed by atoms with E-state index in [-0.39, 0.29) is 4.90 Å². The lowest BCUT2D eigenvalue weighted by Gasteiger charge is -2.12. The summed E-state index contributed by atoms with van der Waals surface area (Å²) < 4.78 is 22.7. The smallest absolute Gasteiger partial charge is 0.189 e. The topological polar surface area (TPSA) is 70.2 Å². The van der Waals surface area contributed by atoms with Gasteiger partial charge in [0.25, 0.3) is 0 Å². The van der Waals surface area contributed by atoms with Crippen molar-refractivity contribution in [3.8, 4) is 0 Å². The minimum atomic E-state index is -3.19. The van der Waals surface area contributed by atoms with Gasteiger partial charge in [-0.3, -0.25) is 10.9 Å². The van der Waals surface area contributed by atoms with Crippen LogP contribution in [0.1, 0.15) is 0 Å². The van der Waals surface area contributed by atoms with Gasteiger partial charge in [0.05, 0.1) is 10.6 Å². The Kier molecular flexibility index (Phi) is 5.23. The Labute approximate surface area is 139 Å². The summed E-state index contributed by atoms with van der Waals surface area (Å²) in [6.07, 6.45) is 1.17. The summed E-state index contributed by atoms with van der Waals surface area (Å²) in [6, 6.07) is 13.5. The molecule has 22 heavy (non-hydrogen) atoms. The molecule has 5 nitrogen and oxygen atoms in total. The summed E-state index contributed by atoms with van der Waals surface area (Å²) in [5, 5.41) is 4.00. The van der Waals surface area contributed by atoms with Gasteiger partial charge in [-0.25, -0.2) is 8.42 Å². The first-order valence-electron chi connectivity index (χ1n) is 6.23. The Hall–Kier alpha value is -1.83. The Morgan fingerprint density at radius 2 is 1.55 bits per heavy atom. The van der Waals surface area contributed by atoms with Crippen molar-refractivity contribution in [2.24, 2.45) is 0 Å². The molecule has 0 saturated heterocycles. The van der Waals surface area contributed by atoms with Crippen LogP contribution in [0, 0.1) is 0 Å². The molecule has 0 spiro atoms. The SMILES string of the molecule is CS(=O)(=O)c1ccc(NNC(=S)Nc2ccc(Cl)cc2)cc1. The maximum Gasteiger partial charge on any atom is 0.189 e. The van der Waals surface area contributed by atoms with Crippen LogP contribution in [0.15, 0.2) is 53.4 Å². The molecule has 0 unspecified atom stereocenters. The van der Waals surface area contributed by atoms with Gasteiger partial charge in [-0.2, -0.15) is 0 Å². The van der Waals surface area contributed by atoms with Crippen LogP contribution in [0.2, 0.25) is 5.02 Å². The summed E-state index contributed by atoms with van der Waals surface area (Å²) in [5.74, 6) is 0. The van der Waals surface area contributed by atoms with Crippen molar-refractivity contribution in [1.29, 1.82) is 0 Å². The van der Waals surface area contributed by atoms with Gasteiger partial charge in [-0.15, -0.1) is 0 Å². The minimum absolute atomic E-state index is 0.264. The third-order valence-corrected chi connectivity index (χ3v) is 4.29. The lowest BCUT2D eigenvalue weighted by molar-refractivity contribution is 0.602. The predicted octanol–water partition coefficient (Wildman–Crippen LogP) is 3.06. The highest BCUT2D eigenvalue weighted by atomic mass is 35.5. The molecule has 0 atom stereocenters. The number of hydrogen-bond donors (Lipinski definition) is 3. The third kappa shape index (κ3) is 4.87. The average Bonchev–Trinajstić information content (AvgIpc) is 2.47. The van der Waals surface area contributed by atoms with Crippen molar-refractivity contribution in [3.63, 3.8) is 0 Å². The highest BCUT2D eigenvalue weighted by Gasteiger charge is 2.06. The monoisotopic (exact) mass is 355 g/mol. The Balaban J connectivity index is 1.89. The summed E-state index contributed by atoms with van der Waals surface area (Å²) in [5.41, 5.74) is 7.18. The van der Waals surface area contributed by atoms with Crippen LogP contribution in [0.3, 0.4) is 0 Å². The molecule has 2 aromatic carbocycles. The first kappa shape index (κ1) is 16.5. The predicted molar refractivity (Wildman–Crippen MR) is 94.0 cm³/mol. The summed E-state index contributed by atoms with van der Waals surface area (Å²) in [4.78, 5) is 0.264. The standard InChI is InChI=1S/C14H14ClN3O2S2/c1-22(19,20)13-8-6-12(7-9-13)17-18-14(21)16-11-4-2-10(15)3-5-11/h2-9,17H,1H3,(H2,16,18,21). The van der Waals surface area contributed by atoms with E-state index >= 15 is 0 Å². The van der Waals surface area contributed by atoms with Crippen molar-refractivity contribution in [2.75, 3.05) is 17.0 Å². The quantitative estimate of drug-likeness (QED) is 0.578. The molecule has 0 fully saturated rings. The van der Waals surface area contributed by atoms with Gasteiger partial charge < -0.3 is 5.32 Å². The molecule has 0 aromatic heterocycles. The normalized spacial score (nSPS) is 10.8. The van der Waals surface area contributed by atoms with Crippen molar-refractivity contribution in [2.45, 2.75) is 4.90 Å². The largest absolute Gasteiger partial charge is 0.331 e. The molecule has 0 aliphatic heterocycles. The first-order chi connectivity index (χ1) is 10.3. The second-order valence-corrected chi connectivity index (χ2v) is 7.37. The summed E-state index contributed by atoms with van der Waals surface area (Å²) >= 11 is 10.9. The molecule has 8 heteroatoms. The van der Waals surface area contributed by atoms with E-state index in [4.69, 9.17) is 23.8 Å². The number of benzene rings is 2. The van der Waals surface area contributed by atoms with Gasteiger partial charge >= 0.3 is 0 Å². The average molecular weight is 356 g/mol. The van der Waals surface area contributed by atoms with Crippen LogP contribution < -0.4 is 16.2 Å². The van der Waals surface area contributed by atoms with E-state index in [2.05, 4.69) is 16.2 Å². The van der Waals surface area contributed by atoms with E-state index < -0.39 is 9.84 Å². The van der Waals surface area contributed by atoms with Crippen LogP contribution in [0.5, 0.6) is 0 Å². The number of thiocarbonyl (C=S) groups is 1. The number of halogens is 1. The number of nitrogens with one attached hydrogen (secondary N) is 3. The Morgan fingerprint density at radius 1 is 1.00 bits per heavy atom. The van der Waals surface area contributed by atoms with Crippen molar-refractivity contribution in [1.82, 2.24) is 5.43 Å². The van der Waals surface area contributed by atoms with Crippen LogP contribution in [-0.4, -0.2) is 19.8 Å². The molecular formula is C14H14ClN3O2S2. The minimum Gasteiger partial charge on any atom is -0.331 e. The second-order valence-electron chi connectivity index (χ2n) is 4.51. The summed E-state index contributed by atoms with van der Waals surface area (Å²) in [6.45, 7) is 0. The fourth-order valence-electron chi connectivity index (χ4n) is 1.61. The zero-order valence-corrected chi connectivity index (χ0v) is 14.0. The second kappa shape index (κ2) is 6.95. The lowest BCUT2D eigenvalue weighted by Crippen LogP contribution is -2.33. The number of rotatable bonds is 4. The fraction of sp³-hybridized carbons (Fsp3) is 0.0714. The van der Waals surface area contributed by atoms with E-state index in [1.165, 1.54) is 18.4 Å². The zero-order valence-electron chi connectivity index (χ0n) is 11.6. The lowest BCUT2D eigenvalue weighted by atomic mass is 10.3. The number of hydrogen-bond acceptors (Lipinski definition) is 4. The molecule has 116 valence electrons. The van der Waals surface area contributed by atoms with E-state index in [1.807, 2.05) is 0 Å². The van der Waals surface area contributed by atoms with Crippen LogP contribution in [-0.2, 0) is 9.84 Å². The zero-order chi connectivity index (χ0) is 16.2. The highest BCUT2D eigenvalue weighted by Crippen LogP contribution is 2.14. The van der Waals surface area contributed by atoms with Gasteiger partial charge in [0.1, 0.15) is 0 Å². The number of anilines is 2. The van der Waals surface area contributed by atoms with E-state index in [0.717, 1.165) is 5.69 Å². The number of sulfone groups is 1. The van der Waals surface area contributed by atoms with E-state index in [0.29, 0.717) is 15.8 Å². The fourth-order valence-corrected chi connectivity index (χ4v) is 2.54. The molecule has 0 radical (unpaired) electrons. The number of hydrazine groups is 1. The van der Waals surface area contributed by atoms with Gasteiger partial charge in [0.2, 0.25) is 0 Å². The molecule has 0 bridgehead atoms. The molecule has 0 amide bonds. The van der Waals surface area contributed by atoms with Crippen LogP contribution in [0.25, 0.3) is 0 Å². The molecule has 0 heterocycles. The van der Waals surface area contributed by atoms with E-state index in [1.54, 1.807) is 36.4 Å². The molecule has 2 rings (SSSR count). The third-order valence-electron chi connectivity index (χ3n) is 2.70. The molecule has 0 saturated carbocycles. The van der Waals surface area contributed by atoms with Crippen LogP contribution >= 0.6 is 23.8 Å². The van der Waals surface area contributed by atoms with Crippen molar-refractivity contribution >= 4 is 50.1 Å².